The largest absolute Gasteiger partial charge is 0.444 e. The van der Waals surface area contributed by atoms with E-state index in [1.54, 1.807) is 23.9 Å². The van der Waals surface area contributed by atoms with Gasteiger partial charge in [0.2, 0.25) is 5.91 Å². The number of carbonyl (C=O) groups excluding carboxylic acids is 2. The molecule has 0 aromatic carbocycles. The molecule has 1 N–H and O–H groups in total. The minimum Gasteiger partial charge on any atom is -0.444 e. The van der Waals surface area contributed by atoms with E-state index in [-0.39, 0.29) is 12.0 Å². The quantitative estimate of drug-likeness (QED) is 0.850. The summed E-state index contributed by atoms with van der Waals surface area (Å²) in [5.74, 6) is 0.441. The fraction of sp³-hybridized carbons (Fsp3) is 0.867. The van der Waals surface area contributed by atoms with E-state index in [0.29, 0.717) is 19.0 Å². The van der Waals surface area contributed by atoms with Gasteiger partial charge in [0.1, 0.15) is 5.60 Å². The van der Waals surface area contributed by atoms with E-state index in [1.807, 2.05) is 20.8 Å². The van der Waals surface area contributed by atoms with Crippen LogP contribution in [0.3, 0.4) is 0 Å². The topological polar surface area (TPSA) is 61.9 Å². The van der Waals surface area contributed by atoms with Gasteiger partial charge in [0, 0.05) is 33.7 Å². The average Bonchev–Trinajstić information content (AvgIpc) is 2.36. The van der Waals surface area contributed by atoms with Gasteiger partial charge in [-0.1, -0.05) is 0 Å². The summed E-state index contributed by atoms with van der Waals surface area (Å²) in [5, 5.41) is 3.17. The van der Waals surface area contributed by atoms with Gasteiger partial charge >= 0.3 is 6.09 Å². The fourth-order valence-corrected chi connectivity index (χ4v) is 2.27. The van der Waals surface area contributed by atoms with E-state index in [1.165, 1.54) is 0 Å². The van der Waals surface area contributed by atoms with Gasteiger partial charge in [0.05, 0.1) is 6.54 Å². The van der Waals surface area contributed by atoms with Crippen LogP contribution in [-0.2, 0) is 9.53 Å². The summed E-state index contributed by atoms with van der Waals surface area (Å²) in [6, 6.07) is 0. The Morgan fingerprint density at radius 2 is 2.00 bits per heavy atom. The van der Waals surface area contributed by atoms with Gasteiger partial charge in [0.15, 0.2) is 0 Å². The first kappa shape index (κ1) is 17.8. The molecule has 1 heterocycles. The molecule has 2 amide bonds. The first-order chi connectivity index (χ1) is 9.69. The van der Waals surface area contributed by atoms with Crippen molar-refractivity contribution in [3.8, 4) is 0 Å². The molecular weight excluding hydrogens is 270 g/mol. The maximum atomic E-state index is 12.1. The van der Waals surface area contributed by atoms with Crippen molar-refractivity contribution in [3.63, 3.8) is 0 Å². The molecule has 6 heteroatoms. The Morgan fingerprint density at radius 3 is 2.57 bits per heavy atom. The monoisotopic (exact) mass is 299 g/mol. The van der Waals surface area contributed by atoms with Crippen molar-refractivity contribution in [1.82, 2.24) is 15.1 Å². The zero-order valence-corrected chi connectivity index (χ0v) is 13.9. The number of likely N-dealkylation sites (tertiary alicyclic amines) is 1. The Balaban J connectivity index is 2.35. The molecule has 1 fully saturated rings. The molecule has 0 aliphatic carbocycles. The van der Waals surface area contributed by atoms with Crippen molar-refractivity contribution in [2.24, 2.45) is 5.92 Å². The lowest BCUT2D eigenvalue weighted by atomic mass is 9.98. The molecule has 1 aliphatic rings. The van der Waals surface area contributed by atoms with Crippen molar-refractivity contribution in [2.45, 2.75) is 39.2 Å². The van der Waals surface area contributed by atoms with Crippen molar-refractivity contribution in [3.05, 3.63) is 0 Å². The van der Waals surface area contributed by atoms with Gasteiger partial charge in [-0.15, -0.1) is 0 Å². The van der Waals surface area contributed by atoms with Crippen LogP contribution in [0.5, 0.6) is 0 Å². The molecule has 0 radical (unpaired) electrons. The Hall–Kier alpha value is -1.30. The normalized spacial score (nSPS) is 19.3. The standard InChI is InChI=1S/C15H29N3O3/c1-15(2,3)21-14(20)18-8-6-7-12(11-18)9-16-10-13(19)17(4)5/h12,16H,6-11H2,1-5H3. The molecule has 1 aliphatic heterocycles. The summed E-state index contributed by atoms with van der Waals surface area (Å²) in [6.07, 6.45) is 1.81. The summed E-state index contributed by atoms with van der Waals surface area (Å²) in [5.41, 5.74) is -0.458. The van der Waals surface area contributed by atoms with Crippen molar-refractivity contribution in [1.29, 1.82) is 0 Å². The molecule has 6 nitrogen and oxygen atoms in total. The highest BCUT2D eigenvalue weighted by Crippen LogP contribution is 2.18. The van der Waals surface area contributed by atoms with Gasteiger partial charge in [-0.3, -0.25) is 4.79 Å². The Bertz CT molecular complexity index is 364. The predicted octanol–water partition coefficient (Wildman–Crippen LogP) is 1.31. The molecule has 0 aromatic heterocycles. The molecule has 122 valence electrons. The van der Waals surface area contributed by atoms with E-state index in [4.69, 9.17) is 4.74 Å². The Labute approximate surface area is 127 Å². The van der Waals surface area contributed by atoms with Crippen LogP contribution in [0.25, 0.3) is 0 Å². The lowest BCUT2D eigenvalue weighted by Gasteiger charge is -2.34. The first-order valence-corrected chi connectivity index (χ1v) is 7.58. The van der Waals surface area contributed by atoms with E-state index >= 15 is 0 Å². The predicted molar refractivity (Wildman–Crippen MR) is 82.1 cm³/mol. The number of nitrogens with one attached hydrogen (secondary N) is 1. The molecule has 0 bridgehead atoms. The highest BCUT2D eigenvalue weighted by atomic mass is 16.6. The molecule has 1 rings (SSSR count). The third-order valence-corrected chi connectivity index (χ3v) is 3.38. The highest BCUT2D eigenvalue weighted by Gasteiger charge is 2.27. The summed E-state index contributed by atoms with van der Waals surface area (Å²) in [7, 11) is 3.49. The number of carbonyl (C=O) groups is 2. The zero-order chi connectivity index (χ0) is 16.0. The number of piperidine rings is 1. The van der Waals surface area contributed by atoms with Crippen LogP contribution in [0, 0.1) is 5.92 Å². The smallest absolute Gasteiger partial charge is 0.410 e. The van der Waals surface area contributed by atoms with Gasteiger partial charge in [-0.25, -0.2) is 4.79 Å². The Kier molecular flexibility index (Phi) is 6.45. The maximum Gasteiger partial charge on any atom is 0.410 e. The van der Waals surface area contributed by atoms with Crippen LogP contribution >= 0.6 is 0 Å². The molecule has 21 heavy (non-hydrogen) atoms. The lowest BCUT2D eigenvalue weighted by Crippen LogP contribution is -2.45. The van der Waals surface area contributed by atoms with Crippen molar-refractivity contribution in [2.75, 3.05) is 40.3 Å². The number of hydrogen-bond acceptors (Lipinski definition) is 4. The van der Waals surface area contributed by atoms with E-state index < -0.39 is 5.60 Å². The SMILES string of the molecule is CN(C)C(=O)CNCC1CCCN(C(=O)OC(C)(C)C)C1. The second kappa shape index (κ2) is 7.64. The summed E-state index contributed by atoms with van der Waals surface area (Å²) in [6.45, 7) is 8.16. The molecule has 1 atom stereocenters. The molecule has 0 aromatic rings. The molecular formula is C15H29N3O3. The Morgan fingerprint density at radius 1 is 1.33 bits per heavy atom. The second-order valence-electron chi connectivity index (χ2n) is 6.85. The van der Waals surface area contributed by atoms with Gasteiger partial charge in [-0.2, -0.15) is 0 Å². The molecule has 1 saturated heterocycles. The van der Waals surface area contributed by atoms with Crippen molar-refractivity contribution >= 4 is 12.0 Å². The van der Waals surface area contributed by atoms with Gasteiger partial charge in [0.25, 0.3) is 0 Å². The van der Waals surface area contributed by atoms with Crippen LogP contribution in [0.1, 0.15) is 33.6 Å². The van der Waals surface area contributed by atoms with E-state index in [0.717, 1.165) is 25.9 Å². The summed E-state index contributed by atoms with van der Waals surface area (Å²) < 4.78 is 5.41. The molecule has 1 unspecified atom stereocenters. The van der Waals surface area contributed by atoms with Crippen LogP contribution < -0.4 is 5.32 Å². The van der Waals surface area contributed by atoms with Crippen LogP contribution in [0.15, 0.2) is 0 Å². The van der Waals surface area contributed by atoms with E-state index in [9.17, 15) is 9.59 Å². The van der Waals surface area contributed by atoms with Gasteiger partial charge in [-0.05, 0) is 39.5 Å². The van der Waals surface area contributed by atoms with Crippen molar-refractivity contribution < 1.29 is 14.3 Å². The first-order valence-electron chi connectivity index (χ1n) is 7.58. The third-order valence-electron chi connectivity index (χ3n) is 3.38. The maximum absolute atomic E-state index is 12.1. The van der Waals surface area contributed by atoms with Crippen LogP contribution in [0.4, 0.5) is 4.79 Å². The lowest BCUT2D eigenvalue weighted by molar-refractivity contribution is -0.127. The molecule has 0 spiro atoms. The third kappa shape index (κ3) is 6.80. The highest BCUT2D eigenvalue weighted by molar-refractivity contribution is 5.77. The minimum atomic E-state index is -0.458. The number of hydrogen-bond donors (Lipinski definition) is 1. The zero-order valence-electron chi connectivity index (χ0n) is 13.9. The van der Waals surface area contributed by atoms with Gasteiger partial charge < -0.3 is 19.9 Å². The summed E-state index contributed by atoms with van der Waals surface area (Å²) in [4.78, 5) is 26.9. The number of rotatable bonds is 4. The van der Waals surface area contributed by atoms with Crippen LogP contribution in [0.2, 0.25) is 0 Å². The minimum absolute atomic E-state index is 0.0646. The van der Waals surface area contributed by atoms with Crippen LogP contribution in [-0.4, -0.2) is 67.7 Å². The molecule has 0 saturated carbocycles. The number of likely N-dealkylation sites (N-methyl/N-ethyl adjacent to an activating group) is 1. The fourth-order valence-electron chi connectivity index (χ4n) is 2.27. The number of amides is 2. The number of ether oxygens (including phenoxy) is 1. The van der Waals surface area contributed by atoms with E-state index in [2.05, 4.69) is 5.32 Å². The average molecular weight is 299 g/mol. The summed E-state index contributed by atoms with van der Waals surface area (Å²) >= 11 is 0. The second-order valence-corrected chi connectivity index (χ2v) is 6.85. The number of nitrogens with zero attached hydrogens (tertiary/aromatic N) is 2.